The fraction of sp³-hybridized carbons (Fsp3) is 0.118. The molecule has 28 heavy (non-hydrogen) atoms. The Bertz CT molecular complexity index is 1100. The van der Waals surface area contributed by atoms with Crippen LogP contribution in [0.4, 0.5) is 13.2 Å². The van der Waals surface area contributed by atoms with Gasteiger partial charge in [-0.3, -0.25) is 4.40 Å². The largest absolute Gasteiger partial charge is 0.476 e. The highest BCUT2D eigenvalue weighted by Gasteiger charge is 2.36. The van der Waals surface area contributed by atoms with Crippen LogP contribution < -0.4 is 0 Å². The number of aromatic nitrogens is 4. The molecule has 0 fully saturated rings. The van der Waals surface area contributed by atoms with Crippen LogP contribution in [0.1, 0.15) is 16.1 Å². The van der Waals surface area contributed by atoms with E-state index in [0.29, 0.717) is 0 Å². The smallest absolute Gasteiger partial charge is 0.420 e. The Morgan fingerprint density at radius 3 is 2.57 bits per heavy atom. The number of aryl methyl sites for hydroxylation is 1. The van der Waals surface area contributed by atoms with E-state index in [1.54, 1.807) is 12.5 Å². The second-order valence-corrected chi connectivity index (χ2v) is 5.95. The standard InChI is InChI=1S/C13H6ClF3N2O3.C4H6N2/c14-10-9(12(20)21)18-11-7(13(15,16)17)4-6(5-19(10)11)8-2-1-3-22-8;1-6-3-2-5-4-6/h1-5H,(H,20,21);2-4H,1H3. The Hall–Kier alpha value is -3.27. The molecule has 4 aromatic rings. The van der Waals surface area contributed by atoms with Crippen LogP contribution in [0.15, 0.2) is 53.8 Å². The number of hydrogen-bond acceptors (Lipinski definition) is 4. The predicted octanol–water partition coefficient (Wildman–Crippen LogP) is 4.38. The number of furan rings is 1. The molecule has 0 aliphatic heterocycles. The van der Waals surface area contributed by atoms with E-state index in [2.05, 4.69) is 9.97 Å². The third-order valence-corrected chi connectivity index (χ3v) is 3.97. The summed E-state index contributed by atoms with van der Waals surface area (Å²) in [6.45, 7) is 0. The van der Waals surface area contributed by atoms with E-state index in [1.807, 2.05) is 17.8 Å². The molecule has 4 heterocycles. The molecule has 0 aromatic carbocycles. The number of alkyl halides is 3. The average molecular weight is 413 g/mol. The third kappa shape index (κ3) is 3.86. The molecule has 0 bridgehead atoms. The minimum atomic E-state index is -4.73. The lowest BCUT2D eigenvalue weighted by Crippen LogP contribution is -2.08. The first-order chi connectivity index (χ1) is 13.2. The summed E-state index contributed by atoms with van der Waals surface area (Å²) in [5, 5.41) is 8.54. The second kappa shape index (κ2) is 7.39. The summed E-state index contributed by atoms with van der Waals surface area (Å²) >= 11 is 5.83. The van der Waals surface area contributed by atoms with Gasteiger partial charge in [-0.15, -0.1) is 0 Å². The summed E-state index contributed by atoms with van der Waals surface area (Å²) in [5.41, 5.74) is -2.23. The topological polar surface area (TPSA) is 85.6 Å². The number of aromatic carboxylic acids is 1. The number of halogens is 4. The number of pyridine rings is 1. The first-order valence-electron chi connectivity index (χ1n) is 7.66. The molecule has 1 N–H and O–H groups in total. The molecule has 0 saturated heterocycles. The normalized spacial score (nSPS) is 11.3. The Labute approximate surface area is 160 Å². The molecule has 0 aliphatic carbocycles. The molecule has 0 saturated carbocycles. The molecular weight excluding hydrogens is 401 g/mol. The van der Waals surface area contributed by atoms with Gasteiger partial charge in [0.1, 0.15) is 10.9 Å². The van der Waals surface area contributed by atoms with Gasteiger partial charge in [0.05, 0.1) is 18.2 Å². The van der Waals surface area contributed by atoms with Crippen molar-refractivity contribution in [1.29, 1.82) is 0 Å². The van der Waals surface area contributed by atoms with Gasteiger partial charge < -0.3 is 14.1 Å². The quantitative estimate of drug-likeness (QED) is 0.528. The first-order valence-corrected chi connectivity index (χ1v) is 8.04. The Balaban J connectivity index is 0.000000320. The van der Waals surface area contributed by atoms with E-state index in [1.165, 1.54) is 24.6 Å². The van der Waals surface area contributed by atoms with Gasteiger partial charge in [0, 0.05) is 31.2 Å². The van der Waals surface area contributed by atoms with Gasteiger partial charge in [-0.2, -0.15) is 13.2 Å². The number of imidazole rings is 2. The van der Waals surface area contributed by atoms with Crippen molar-refractivity contribution in [1.82, 2.24) is 18.9 Å². The van der Waals surface area contributed by atoms with Crippen molar-refractivity contribution in [3.05, 3.63) is 65.8 Å². The van der Waals surface area contributed by atoms with Gasteiger partial charge in [0.25, 0.3) is 0 Å². The number of carboxylic acids is 1. The van der Waals surface area contributed by atoms with E-state index in [9.17, 15) is 18.0 Å². The number of fused-ring (bicyclic) bond motifs is 1. The monoisotopic (exact) mass is 412 g/mol. The zero-order valence-corrected chi connectivity index (χ0v) is 14.9. The zero-order chi connectivity index (χ0) is 20.5. The van der Waals surface area contributed by atoms with Gasteiger partial charge in [0.2, 0.25) is 0 Å². The van der Waals surface area contributed by atoms with Gasteiger partial charge in [-0.1, -0.05) is 11.6 Å². The number of nitrogens with zero attached hydrogens (tertiary/aromatic N) is 4. The molecule has 0 unspecified atom stereocenters. The van der Waals surface area contributed by atoms with Gasteiger partial charge >= 0.3 is 12.1 Å². The van der Waals surface area contributed by atoms with E-state index in [0.717, 1.165) is 10.5 Å². The minimum Gasteiger partial charge on any atom is -0.476 e. The van der Waals surface area contributed by atoms with Crippen LogP contribution in [-0.4, -0.2) is 30.0 Å². The lowest BCUT2D eigenvalue weighted by molar-refractivity contribution is -0.136. The van der Waals surface area contributed by atoms with Crippen molar-refractivity contribution < 1.29 is 27.5 Å². The van der Waals surface area contributed by atoms with Crippen LogP contribution in [0, 0.1) is 0 Å². The maximum atomic E-state index is 13.2. The number of hydrogen-bond donors (Lipinski definition) is 1. The van der Waals surface area contributed by atoms with Crippen molar-refractivity contribution in [2.24, 2.45) is 7.05 Å². The molecule has 0 aliphatic rings. The van der Waals surface area contributed by atoms with Crippen LogP contribution in [0.2, 0.25) is 5.15 Å². The van der Waals surface area contributed by atoms with Gasteiger partial charge in [-0.25, -0.2) is 14.8 Å². The van der Waals surface area contributed by atoms with Crippen LogP contribution in [0.3, 0.4) is 0 Å². The summed E-state index contributed by atoms with van der Waals surface area (Å²) in [4.78, 5) is 18.3. The van der Waals surface area contributed by atoms with Crippen molar-refractivity contribution in [3.8, 4) is 11.3 Å². The summed E-state index contributed by atoms with van der Waals surface area (Å²) in [6.07, 6.45) is 3.21. The summed E-state index contributed by atoms with van der Waals surface area (Å²) in [5.74, 6) is -1.32. The molecule has 4 aromatic heterocycles. The van der Waals surface area contributed by atoms with Crippen LogP contribution in [0.5, 0.6) is 0 Å². The van der Waals surface area contributed by atoms with Crippen LogP contribution >= 0.6 is 11.6 Å². The molecule has 7 nitrogen and oxygen atoms in total. The SMILES string of the molecule is Cn1ccnc1.O=C(O)c1nc2c(C(F)(F)F)cc(-c3ccco3)cn2c1Cl. The molecule has 0 atom stereocenters. The summed E-state index contributed by atoms with van der Waals surface area (Å²) in [7, 11) is 1.94. The fourth-order valence-electron chi connectivity index (χ4n) is 2.37. The highest BCUT2D eigenvalue weighted by atomic mass is 35.5. The average Bonchev–Trinajstić information content (AvgIpc) is 3.36. The molecule has 0 radical (unpaired) electrons. The Kier molecular flexibility index (Phi) is 5.14. The van der Waals surface area contributed by atoms with E-state index < -0.39 is 34.2 Å². The molecule has 0 spiro atoms. The fourth-order valence-corrected chi connectivity index (χ4v) is 2.62. The second-order valence-electron chi connectivity index (χ2n) is 5.60. The molecule has 4 rings (SSSR count). The van der Waals surface area contributed by atoms with Crippen molar-refractivity contribution >= 4 is 23.2 Å². The van der Waals surface area contributed by atoms with Crippen LogP contribution in [0.25, 0.3) is 17.0 Å². The predicted molar refractivity (Wildman–Crippen MR) is 93.1 cm³/mol. The van der Waals surface area contributed by atoms with E-state index >= 15 is 0 Å². The lowest BCUT2D eigenvalue weighted by Gasteiger charge is -2.10. The first kappa shape index (κ1) is 19.5. The molecule has 146 valence electrons. The zero-order valence-electron chi connectivity index (χ0n) is 14.2. The Morgan fingerprint density at radius 1 is 1.36 bits per heavy atom. The van der Waals surface area contributed by atoms with Crippen LogP contribution in [-0.2, 0) is 13.2 Å². The summed E-state index contributed by atoms with van der Waals surface area (Å²) < 4.78 is 47.5. The summed E-state index contributed by atoms with van der Waals surface area (Å²) in [6, 6.07) is 3.83. The Morgan fingerprint density at radius 2 is 2.11 bits per heavy atom. The maximum Gasteiger partial charge on any atom is 0.420 e. The molecular formula is C17H12ClF3N4O3. The van der Waals surface area contributed by atoms with Crippen molar-refractivity contribution in [3.63, 3.8) is 0 Å². The lowest BCUT2D eigenvalue weighted by atomic mass is 10.1. The minimum absolute atomic E-state index is 0.0982. The number of rotatable bonds is 2. The highest BCUT2D eigenvalue weighted by Crippen LogP contribution is 2.36. The van der Waals surface area contributed by atoms with Gasteiger partial charge in [0.15, 0.2) is 11.3 Å². The van der Waals surface area contributed by atoms with Gasteiger partial charge in [-0.05, 0) is 18.2 Å². The number of carboxylic acid groups (broad SMARTS) is 1. The van der Waals surface area contributed by atoms with E-state index in [4.69, 9.17) is 21.1 Å². The van der Waals surface area contributed by atoms with E-state index in [-0.39, 0.29) is 11.3 Å². The highest BCUT2D eigenvalue weighted by molar-refractivity contribution is 6.32. The van der Waals surface area contributed by atoms with Crippen molar-refractivity contribution in [2.45, 2.75) is 6.18 Å². The number of carbonyl (C=O) groups is 1. The maximum absolute atomic E-state index is 13.2. The molecule has 0 amide bonds. The van der Waals surface area contributed by atoms with Crippen molar-refractivity contribution in [2.75, 3.05) is 0 Å². The third-order valence-electron chi connectivity index (χ3n) is 3.61. The molecule has 11 heteroatoms.